The first-order valence-corrected chi connectivity index (χ1v) is 6.44. The van der Waals surface area contributed by atoms with Crippen LogP contribution in [0.1, 0.15) is 38.3 Å². The van der Waals surface area contributed by atoms with Crippen LogP contribution in [0.3, 0.4) is 0 Å². The second-order valence-electron chi connectivity index (χ2n) is 4.63. The molecular weight excluding hydrogens is 222 g/mol. The quantitative estimate of drug-likeness (QED) is 0.809. The standard InChI is InChI=1S/C16H21NO/c1-4-13(2)11-16-8-5-7-15(12-16)9-6-10-17-14(3)18/h5,7-8,12-13H,4,10-11H2,1-3H3,(H,17,18). The van der Waals surface area contributed by atoms with E-state index >= 15 is 0 Å². The maximum Gasteiger partial charge on any atom is 0.217 e. The Morgan fingerprint density at radius 2 is 2.22 bits per heavy atom. The summed E-state index contributed by atoms with van der Waals surface area (Å²) < 4.78 is 0. The molecule has 96 valence electrons. The zero-order valence-corrected chi connectivity index (χ0v) is 11.4. The first-order chi connectivity index (χ1) is 8.61. The van der Waals surface area contributed by atoms with Gasteiger partial charge in [-0.05, 0) is 30.0 Å². The molecule has 2 heteroatoms. The number of benzene rings is 1. The summed E-state index contributed by atoms with van der Waals surface area (Å²) >= 11 is 0. The fourth-order valence-corrected chi connectivity index (χ4v) is 1.64. The van der Waals surface area contributed by atoms with E-state index in [4.69, 9.17) is 0 Å². The molecule has 2 nitrogen and oxygen atoms in total. The van der Waals surface area contributed by atoms with Crippen LogP contribution in [0.2, 0.25) is 0 Å². The molecule has 1 rings (SSSR count). The van der Waals surface area contributed by atoms with E-state index in [2.05, 4.69) is 43.1 Å². The normalized spacial score (nSPS) is 11.3. The molecule has 1 atom stereocenters. The van der Waals surface area contributed by atoms with Gasteiger partial charge in [0.05, 0.1) is 6.54 Å². The fourth-order valence-electron chi connectivity index (χ4n) is 1.64. The zero-order chi connectivity index (χ0) is 13.4. The molecule has 1 amide bonds. The van der Waals surface area contributed by atoms with Gasteiger partial charge in [-0.2, -0.15) is 0 Å². The van der Waals surface area contributed by atoms with Gasteiger partial charge < -0.3 is 5.32 Å². The Morgan fingerprint density at radius 3 is 2.89 bits per heavy atom. The molecule has 0 aliphatic heterocycles. The Labute approximate surface area is 110 Å². The van der Waals surface area contributed by atoms with Crippen molar-refractivity contribution in [2.45, 2.75) is 33.6 Å². The zero-order valence-electron chi connectivity index (χ0n) is 11.4. The third-order valence-electron chi connectivity index (χ3n) is 2.87. The number of hydrogen-bond acceptors (Lipinski definition) is 1. The SMILES string of the molecule is CCC(C)Cc1cccc(C#CCNC(C)=O)c1. The summed E-state index contributed by atoms with van der Waals surface area (Å²) in [4.78, 5) is 10.7. The lowest BCUT2D eigenvalue weighted by molar-refractivity contribution is -0.118. The predicted molar refractivity (Wildman–Crippen MR) is 75.2 cm³/mol. The van der Waals surface area contributed by atoms with E-state index in [1.165, 1.54) is 18.9 Å². The van der Waals surface area contributed by atoms with Crippen LogP contribution >= 0.6 is 0 Å². The molecule has 1 aromatic rings. The van der Waals surface area contributed by atoms with Gasteiger partial charge in [0, 0.05) is 12.5 Å². The van der Waals surface area contributed by atoms with E-state index < -0.39 is 0 Å². The van der Waals surface area contributed by atoms with Crippen molar-refractivity contribution in [1.29, 1.82) is 0 Å². The van der Waals surface area contributed by atoms with Crippen LogP contribution in [-0.2, 0) is 11.2 Å². The Morgan fingerprint density at radius 1 is 1.44 bits per heavy atom. The molecule has 0 spiro atoms. The minimum absolute atomic E-state index is 0.0465. The maximum absolute atomic E-state index is 10.7. The summed E-state index contributed by atoms with van der Waals surface area (Å²) in [5.41, 5.74) is 2.34. The number of hydrogen-bond donors (Lipinski definition) is 1. The maximum atomic E-state index is 10.7. The van der Waals surface area contributed by atoms with Gasteiger partial charge in [-0.25, -0.2) is 0 Å². The molecule has 0 saturated heterocycles. The van der Waals surface area contributed by atoms with Crippen molar-refractivity contribution in [1.82, 2.24) is 5.32 Å². The minimum atomic E-state index is -0.0465. The highest BCUT2D eigenvalue weighted by Crippen LogP contribution is 2.12. The van der Waals surface area contributed by atoms with Crippen LogP contribution in [-0.4, -0.2) is 12.5 Å². The third-order valence-corrected chi connectivity index (χ3v) is 2.87. The summed E-state index contributed by atoms with van der Waals surface area (Å²) in [5.74, 6) is 6.67. The van der Waals surface area contributed by atoms with Gasteiger partial charge in [0.15, 0.2) is 0 Å². The van der Waals surface area contributed by atoms with Crippen LogP contribution in [0.4, 0.5) is 0 Å². The van der Waals surface area contributed by atoms with E-state index in [0.717, 1.165) is 12.0 Å². The van der Waals surface area contributed by atoms with Crippen LogP contribution < -0.4 is 5.32 Å². The summed E-state index contributed by atoms with van der Waals surface area (Å²) in [7, 11) is 0. The average Bonchev–Trinajstić information content (AvgIpc) is 2.35. The van der Waals surface area contributed by atoms with Gasteiger partial charge in [0.2, 0.25) is 5.91 Å². The molecule has 18 heavy (non-hydrogen) atoms. The van der Waals surface area contributed by atoms with Crippen molar-refractivity contribution in [2.75, 3.05) is 6.54 Å². The van der Waals surface area contributed by atoms with E-state index in [-0.39, 0.29) is 5.91 Å². The molecule has 1 unspecified atom stereocenters. The average molecular weight is 243 g/mol. The van der Waals surface area contributed by atoms with Crippen molar-refractivity contribution < 1.29 is 4.79 Å². The molecule has 0 fully saturated rings. The van der Waals surface area contributed by atoms with Gasteiger partial charge >= 0.3 is 0 Å². The molecular formula is C16H21NO. The highest BCUT2D eigenvalue weighted by molar-refractivity contribution is 5.73. The number of rotatable bonds is 4. The van der Waals surface area contributed by atoms with Crippen LogP contribution in [0.5, 0.6) is 0 Å². The smallest absolute Gasteiger partial charge is 0.217 e. The molecule has 0 aliphatic carbocycles. The topological polar surface area (TPSA) is 29.1 Å². The summed E-state index contributed by atoms with van der Waals surface area (Å²) in [6.45, 7) is 6.37. The van der Waals surface area contributed by atoms with E-state index in [9.17, 15) is 4.79 Å². The van der Waals surface area contributed by atoms with Crippen molar-refractivity contribution >= 4 is 5.91 Å². The minimum Gasteiger partial charge on any atom is -0.345 e. The molecule has 0 saturated carbocycles. The lowest BCUT2D eigenvalue weighted by Crippen LogP contribution is -2.19. The lowest BCUT2D eigenvalue weighted by Gasteiger charge is -2.08. The van der Waals surface area contributed by atoms with Crippen LogP contribution in [0.15, 0.2) is 24.3 Å². The first kappa shape index (κ1) is 14.3. The van der Waals surface area contributed by atoms with E-state index in [1.807, 2.05) is 12.1 Å². The second kappa shape index (κ2) is 7.55. The summed E-state index contributed by atoms with van der Waals surface area (Å²) in [6, 6.07) is 8.32. The van der Waals surface area contributed by atoms with Crippen molar-refractivity contribution in [3.05, 3.63) is 35.4 Å². The lowest BCUT2D eigenvalue weighted by atomic mass is 9.98. The molecule has 1 aromatic carbocycles. The number of nitrogens with one attached hydrogen (secondary N) is 1. The fraction of sp³-hybridized carbons (Fsp3) is 0.438. The molecule has 0 aromatic heterocycles. The molecule has 0 bridgehead atoms. The summed E-state index contributed by atoms with van der Waals surface area (Å²) in [5, 5.41) is 2.66. The Hall–Kier alpha value is -1.75. The number of carbonyl (C=O) groups is 1. The largest absolute Gasteiger partial charge is 0.345 e. The van der Waals surface area contributed by atoms with Crippen molar-refractivity contribution in [3.63, 3.8) is 0 Å². The monoisotopic (exact) mass is 243 g/mol. The van der Waals surface area contributed by atoms with Gasteiger partial charge in [0.25, 0.3) is 0 Å². The van der Waals surface area contributed by atoms with Gasteiger partial charge in [-0.1, -0.05) is 44.2 Å². The highest BCUT2D eigenvalue weighted by Gasteiger charge is 2.00. The van der Waals surface area contributed by atoms with Crippen molar-refractivity contribution in [3.8, 4) is 11.8 Å². The molecule has 1 N–H and O–H groups in total. The number of amides is 1. The summed E-state index contributed by atoms with van der Waals surface area (Å²) in [6.07, 6.45) is 2.29. The number of carbonyl (C=O) groups excluding carboxylic acids is 1. The van der Waals surface area contributed by atoms with Crippen LogP contribution in [0.25, 0.3) is 0 Å². The second-order valence-corrected chi connectivity index (χ2v) is 4.63. The Bertz CT molecular complexity index is 454. The van der Waals surface area contributed by atoms with Gasteiger partial charge in [-0.15, -0.1) is 0 Å². The Balaban J connectivity index is 2.61. The Kier molecular flexibility index (Phi) is 6.00. The highest BCUT2D eigenvalue weighted by atomic mass is 16.1. The molecule has 0 radical (unpaired) electrons. The van der Waals surface area contributed by atoms with Crippen LogP contribution in [0, 0.1) is 17.8 Å². The van der Waals surface area contributed by atoms with E-state index in [1.54, 1.807) is 0 Å². The molecule has 0 aliphatic rings. The van der Waals surface area contributed by atoms with E-state index in [0.29, 0.717) is 12.5 Å². The van der Waals surface area contributed by atoms with Gasteiger partial charge in [-0.3, -0.25) is 4.79 Å². The third kappa shape index (κ3) is 5.54. The first-order valence-electron chi connectivity index (χ1n) is 6.44. The molecule has 0 heterocycles. The van der Waals surface area contributed by atoms with Gasteiger partial charge in [0.1, 0.15) is 0 Å². The van der Waals surface area contributed by atoms with Crippen molar-refractivity contribution in [2.24, 2.45) is 5.92 Å². The predicted octanol–water partition coefficient (Wildman–Crippen LogP) is 2.76.